The smallest absolute Gasteiger partial charge is 0.339 e. The van der Waals surface area contributed by atoms with Gasteiger partial charge in [0.2, 0.25) is 0 Å². The number of rotatable bonds is 11. The second-order valence-corrected chi connectivity index (χ2v) is 8.03. The van der Waals surface area contributed by atoms with E-state index >= 15 is 0 Å². The molecule has 0 aliphatic rings. The molecule has 0 aromatic rings. The third-order valence-electron chi connectivity index (χ3n) is 3.12. The summed E-state index contributed by atoms with van der Waals surface area (Å²) in [4.78, 5) is 0. The van der Waals surface area contributed by atoms with Gasteiger partial charge in [-0.1, -0.05) is 0 Å². The molecule has 0 aliphatic heterocycles. The minimum absolute atomic E-state index is 0.0828. The summed E-state index contributed by atoms with van der Waals surface area (Å²) >= 11 is 0. The van der Waals surface area contributed by atoms with Crippen molar-refractivity contribution in [2.75, 3.05) is 32.8 Å². The van der Waals surface area contributed by atoms with E-state index in [1.54, 1.807) is 0 Å². The fourth-order valence-corrected chi connectivity index (χ4v) is 5.60. The van der Waals surface area contributed by atoms with E-state index < -0.39 is 8.56 Å². The standard InChI is InChI=1S/C12H31N3O2Si/c1-5-16-18(4,17-6-2)12(11(3)14)7-9-15-10-8-13/h11-12,15H,5-10,13-14H2,1-4H3. The van der Waals surface area contributed by atoms with E-state index in [2.05, 4.69) is 11.9 Å². The molecule has 6 heteroatoms. The summed E-state index contributed by atoms with van der Waals surface area (Å²) in [6.45, 7) is 12.0. The molecule has 0 radical (unpaired) electrons. The second-order valence-electron chi connectivity index (χ2n) is 4.67. The maximum absolute atomic E-state index is 6.12. The molecule has 5 nitrogen and oxygen atoms in total. The van der Waals surface area contributed by atoms with Crippen molar-refractivity contribution in [3.8, 4) is 0 Å². The van der Waals surface area contributed by atoms with Gasteiger partial charge in [0.1, 0.15) is 0 Å². The largest absolute Gasteiger partial charge is 0.394 e. The molecule has 0 rings (SSSR count). The summed E-state index contributed by atoms with van der Waals surface area (Å²) < 4.78 is 11.9. The minimum Gasteiger partial charge on any atom is -0.394 e. The first-order valence-corrected chi connectivity index (χ1v) is 9.35. The first-order chi connectivity index (χ1) is 8.51. The predicted molar refractivity (Wildman–Crippen MR) is 78.8 cm³/mol. The molecule has 0 bridgehead atoms. The lowest BCUT2D eigenvalue weighted by Crippen LogP contribution is -2.50. The van der Waals surface area contributed by atoms with Gasteiger partial charge in [-0.15, -0.1) is 0 Å². The van der Waals surface area contributed by atoms with Crippen LogP contribution in [0.3, 0.4) is 0 Å². The average Bonchev–Trinajstić information content (AvgIpc) is 2.28. The van der Waals surface area contributed by atoms with Crippen molar-refractivity contribution < 1.29 is 8.85 Å². The molecule has 0 saturated carbocycles. The molecular weight excluding hydrogens is 246 g/mol. The summed E-state index contributed by atoms with van der Waals surface area (Å²) in [5, 5.41) is 3.31. The zero-order chi connectivity index (χ0) is 14.0. The van der Waals surface area contributed by atoms with Crippen LogP contribution in [0.2, 0.25) is 12.1 Å². The summed E-state index contributed by atoms with van der Waals surface area (Å²) in [6, 6.07) is 0.0828. The van der Waals surface area contributed by atoms with Crippen LogP contribution in [0, 0.1) is 0 Å². The Balaban J connectivity index is 4.50. The summed E-state index contributed by atoms with van der Waals surface area (Å²) in [6.07, 6.45) is 0.973. The second kappa shape index (κ2) is 9.88. The fraction of sp³-hybridized carbons (Fsp3) is 1.00. The molecule has 0 spiro atoms. The van der Waals surface area contributed by atoms with Gasteiger partial charge < -0.3 is 25.6 Å². The SMILES string of the molecule is CCO[Si](C)(OCC)C(CCNCCN)C(C)N. The van der Waals surface area contributed by atoms with Crippen LogP contribution in [0.1, 0.15) is 27.2 Å². The Morgan fingerprint density at radius 3 is 2.11 bits per heavy atom. The highest BCUT2D eigenvalue weighted by atomic mass is 28.4. The van der Waals surface area contributed by atoms with Crippen molar-refractivity contribution in [1.82, 2.24) is 5.32 Å². The summed E-state index contributed by atoms with van der Waals surface area (Å²) in [5.41, 5.74) is 11.9. The van der Waals surface area contributed by atoms with Gasteiger partial charge in [-0.25, -0.2) is 0 Å². The Morgan fingerprint density at radius 1 is 1.17 bits per heavy atom. The summed E-state index contributed by atoms with van der Waals surface area (Å²) in [7, 11) is -2.20. The molecule has 0 saturated heterocycles. The van der Waals surface area contributed by atoms with Gasteiger partial charge in [0.25, 0.3) is 0 Å². The number of hydrogen-bond acceptors (Lipinski definition) is 5. The van der Waals surface area contributed by atoms with Gasteiger partial charge in [0.15, 0.2) is 0 Å². The third kappa shape index (κ3) is 6.26. The molecule has 0 aromatic carbocycles. The van der Waals surface area contributed by atoms with Gasteiger partial charge in [-0.05, 0) is 40.3 Å². The molecule has 110 valence electrons. The highest BCUT2D eigenvalue weighted by Crippen LogP contribution is 2.30. The van der Waals surface area contributed by atoms with E-state index in [1.807, 2.05) is 20.8 Å². The van der Waals surface area contributed by atoms with Crippen molar-refractivity contribution in [3.05, 3.63) is 0 Å². The molecule has 2 atom stereocenters. The molecule has 0 fully saturated rings. The molecule has 0 amide bonds. The van der Waals surface area contributed by atoms with Crippen molar-refractivity contribution in [1.29, 1.82) is 0 Å². The van der Waals surface area contributed by atoms with Crippen molar-refractivity contribution >= 4 is 8.56 Å². The normalized spacial score (nSPS) is 15.7. The van der Waals surface area contributed by atoms with Crippen LogP contribution in [-0.4, -0.2) is 47.5 Å². The monoisotopic (exact) mass is 277 g/mol. The van der Waals surface area contributed by atoms with Gasteiger partial charge >= 0.3 is 8.56 Å². The molecule has 18 heavy (non-hydrogen) atoms. The Bertz CT molecular complexity index is 200. The Labute approximate surface area is 113 Å². The average molecular weight is 277 g/mol. The quantitative estimate of drug-likeness (QED) is 0.384. The topological polar surface area (TPSA) is 82.5 Å². The van der Waals surface area contributed by atoms with Crippen LogP contribution in [0.15, 0.2) is 0 Å². The van der Waals surface area contributed by atoms with Crippen LogP contribution in [-0.2, 0) is 8.85 Å². The maximum Gasteiger partial charge on any atom is 0.339 e. The van der Waals surface area contributed by atoms with E-state index in [-0.39, 0.29) is 6.04 Å². The molecule has 5 N–H and O–H groups in total. The van der Waals surface area contributed by atoms with Crippen LogP contribution < -0.4 is 16.8 Å². The third-order valence-corrected chi connectivity index (χ3v) is 7.01. The van der Waals surface area contributed by atoms with E-state index in [9.17, 15) is 0 Å². The van der Waals surface area contributed by atoms with Crippen LogP contribution in [0.25, 0.3) is 0 Å². The summed E-state index contributed by atoms with van der Waals surface area (Å²) in [5.74, 6) is 0. The number of hydrogen-bond donors (Lipinski definition) is 3. The molecule has 2 unspecified atom stereocenters. The molecule has 0 aliphatic carbocycles. The predicted octanol–water partition coefficient (Wildman–Crippen LogP) is 0.787. The first-order valence-electron chi connectivity index (χ1n) is 6.96. The molecular formula is C12H31N3O2Si. The zero-order valence-electron chi connectivity index (χ0n) is 12.4. The minimum atomic E-state index is -2.20. The van der Waals surface area contributed by atoms with Crippen molar-refractivity contribution in [2.24, 2.45) is 11.5 Å². The van der Waals surface area contributed by atoms with Crippen LogP contribution >= 0.6 is 0 Å². The van der Waals surface area contributed by atoms with E-state index in [0.717, 1.165) is 19.5 Å². The van der Waals surface area contributed by atoms with Gasteiger partial charge in [0.05, 0.1) is 0 Å². The van der Waals surface area contributed by atoms with Gasteiger partial charge in [-0.2, -0.15) is 0 Å². The van der Waals surface area contributed by atoms with E-state index in [1.165, 1.54) is 0 Å². The molecule has 0 heterocycles. The highest BCUT2D eigenvalue weighted by molar-refractivity contribution is 6.67. The Kier molecular flexibility index (Phi) is 9.89. The van der Waals surface area contributed by atoms with Crippen molar-refractivity contribution in [2.45, 2.75) is 45.3 Å². The maximum atomic E-state index is 6.12. The number of nitrogens with two attached hydrogens (primary N) is 2. The van der Waals surface area contributed by atoms with E-state index in [4.69, 9.17) is 20.3 Å². The fourth-order valence-electron chi connectivity index (χ4n) is 2.32. The Morgan fingerprint density at radius 2 is 1.72 bits per heavy atom. The molecule has 0 aromatic heterocycles. The van der Waals surface area contributed by atoms with E-state index in [0.29, 0.717) is 25.3 Å². The zero-order valence-corrected chi connectivity index (χ0v) is 13.4. The number of nitrogens with one attached hydrogen (secondary N) is 1. The van der Waals surface area contributed by atoms with Crippen molar-refractivity contribution in [3.63, 3.8) is 0 Å². The van der Waals surface area contributed by atoms with Crippen LogP contribution in [0.4, 0.5) is 0 Å². The Hall–Kier alpha value is 0.0169. The van der Waals surface area contributed by atoms with Gasteiger partial charge in [0, 0.05) is 37.9 Å². The highest BCUT2D eigenvalue weighted by Gasteiger charge is 2.42. The first kappa shape index (κ1) is 18.0. The lowest BCUT2D eigenvalue weighted by molar-refractivity contribution is 0.173. The van der Waals surface area contributed by atoms with Gasteiger partial charge in [-0.3, -0.25) is 0 Å². The lowest BCUT2D eigenvalue weighted by atomic mass is 10.2. The van der Waals surface area contributed by atoms with Crippen LogP contribution in [0.5, 0.6) is 0 Å². The lowest BCUT2D eigenvalue weighted by Gasteiger charge is -2.36.